The molecule has 0 heterocycles. The van der Waals surface area contributed by atoms with Crippen molar-refractivity contribution in [2.45, 2.75) is 32.8 Å². The molecule has 0 saturated carbocycles. The van der Waals surface area contributed by atoms with E-state index in [-0.39, 0.29) is 5.92 Å². The van der Waals surface area contributed by atoms with Crippen LogP contribution in [0.4, 0.5) is 10.1 Å². The van der Waals surface area contributed by atoms with E-state index >= 15 is 0 Å². The average molecular weight is 241 g/mol. The molecule has 0 spiro atoms. The summed E-state index contributed by atoms with van der Waals surface area (Å²) in [7, 11) is 0. The van der Waals surface area contributed by atoms with Crippen LogP contribution in [-0.4, -0.2) is 16.1 Å². The fourth-order valence-electron chi connectivity index (χ4n) is 1.78. The maximum absolute atomic E-state index is 13.4. The van der Waals surface area contributed by atoms with Gasteiger partial charge in [-0.05, 0) is 30.9 Å². The summed E-state index contributed by atoms with van der Waals surface area (Å²) >= 11 is 0. The summed E-state index contributed by atoms with van der Waals surface area (Å²) in [6, 6.07) is 3.87. The number of nitro benzene ring substituents is 1. The third-order valence-corrected chi connectivity index (χ3v) is 2.91. The summed E-state index contributed by atoms with van der Waals surface area (Å²) in [5, 5.41) is 19.9. The molecule has 17 heavy (non-hydrogen) atoms. The van der Waals surface area contributed by atoms with Crippen molar-refractivity contribution < 1.29 is 14.4 Å². The third kappa shape index (κ3) is 3.49. The zero-order chi connectivity index (χ0) is 13.0. The van der Waals surface area contributed by atoms with Crippen LogP contribution in [0.5, 0.6) is 0 Å². The van der Waals surface area contributed by atoms with Crippen LogP contribution in [0.25, 0.3) is 0 Å². The average Bonchev–Trinajstić information content (AvgIpc) is 2.24. The molecule has 0 saturated heterocycles. The summed E-state index contributed by atoms with van der Waals surface area (Å²) in [6.07, 6.45) is 0.817. The molecule has 0 radical (unpaired) electrons. The Morgan fingerprint density at radius 2 is 2.18 bits per heavy atom. The van der Waals surface area contributed by atoms with Gasteiger partial charge in [0.15, 0.2) is 0 Å². The molecule has 2 unspecified atom stereocenters. The Balaban J connectivity index is 2.87. The lowest BCUT2D eigenvalue weighted by molar-refractivity contribution is -0.387. The van der Waals surface area contributed by atoms with E-state index in [0.29, 0.717) is 12.0 Å². The van der Waals surface area contributed by atoms with E-state index in [9.17, 15) is 19.6 Å². The first-order valence-electron chi connectivity index (χ1n) is 5.56. The standard InChI is InChI=1S/C12H16FNO3/c1-3-10(8(2)15)6-9-4-5-12(14(16)17)11(13)7-9/h4-5,7-8,10,15H,3,6H2,1-2H3. The van der Waals surface area contributed by atoms with Gasteiger partial charge in [-0.1, -0.05) is 19.4 Å². The lowest BCUT2D eigenvalue weighted by atomic mass is 9.92. The third-order valence-electron chi connectivity index (χ3n) is 2.91. The molecule has 1 aromatic carbocycles. The van der Waals surface area contributed by atoms with Crippen molar-refractivity contribution in [1.29, 1.82) is 0 Å². The van der Waals surface area contributed by atoms with Crippen LogP contribution in [0.1, 0.15) is 25.8 Å². The normalized spacial score (nSPS) is 14.4. The monoisotopic (exact) mass is 241 g/mol. The van der Waals surface area contributed by atoms with Crippen LogP contribution in [0, 0.1) is 21.8 Å². The van der Waals surface area contributed by atoms with E-state index in [2.05, 4.69) is 0 Å². The molecule has 1 aromatic rings. The van der Waals surface area contributed by atoms with Crippen molar-refractivity contribution >= 4 is 5.69 Å². The first kappa shape index (κ1) is 13.6. The zero-order valence-corrected chi connectivity index (χ0v) is 9.89. The maximum Gasteiger partial charge on any atom is 0.304 e. The summed E-state index contributed by atoms with van der Waals surface area (Å²) in [5.41, 5.74) is 0.152. The molecule has 0 aliphatic carbocycles. The molecule has 0 fully saturated rings. The van der Waals surface area contributed by atoms with E-state index in [1.54, 1.807) is 6.92 Å². The Morgan fingerprint density at radius 3 is 2.59 bits per heavy atom. The van der Waals surface area contributed by atoms with Gasteiger partial charge in [0.2, 0.25) is 5.82 Å². The van der Waals surface area contributed by atoms with Crippen LogP contribution in [0.15, 0.2) is 18.2 Å². The highest BCUT2D eigenvalue weighted by atomic mass is 19.1. The highest BCUT2D eigenvalue weighted by Gasteiger charge is 2.17. The zero-order valence-electron chi connectivity index (χ0n) is 9.89. The molecule has 1 N–H and O–H groups in total. The largest absolute Gasteiger partial charge is 0.393 e. The van der Waals surface area contributed by atoms with E-state index in [1.165, 1.54) is 18.2 Å². The second-order valence-electron chi connectivity index (χ2n) is 4.16. The van der Waals surface area contributed by atoms with Crippen molar-refractivity contribution in [2.75, 3.05) is 0 Å². The van der Waals surface area contributed by atoms with E-state index < -0.39 is 22.5 Å². The number of rotatable bonds is 5. The number of aliphatic hydroxyl groups is 1. The first-order chi connectivity index (χ1) is 7.95. The molecule has 5 heteroatoms. The highest BCUT2D eigenvalue weighted by molar-refractivity contribution is 5.35. The molecule has 0 aromatic heterocycles. The van der Waals surface area contributed by atoms with Crippen LogP contribution in [0.3, 0.4) is 0 Å². The minimum atomic E-state index is -0.826. The van der Waals surface area contributed by atoms with Gasteiger partial charge in [-0.25, -0.2) is 0 Å². The first-order valence-corrected chi connectivity index (χ1v) is 5.56. The summed E-state index contributed by atoms with van der Waals surface area (Å²) in [5.74, 6) is -0.788. The van der Waals surface area contributed by atoms with Gasteiger partial charge in [-0.2, -0.15) is 4.39 Å². The Morgan fingerprint density at radius 1 is 1.53 bits per heavy atom. The van der Waals surface area contributed by atoms with Gasteiger partial charge in [0, 0.05) is 6.07 Å². The molecule has 4 nitrogen and oxygen atoms in total. The van der Waals surface area contributed by atoms with Crippen LogP contribution >= 0.6 is 0 Å². The Kier molecular flexibility index (Phi) is 4.57. The molecular weight excluding hydrogens is 225 g/mol. The lowest BCUT2D eigenvalue weighted by Crippen LogP contribution is -2.18. The Bertz CT molecular complexity index is 407. The van der Waals surface area contributed by atoms with Gasteiger partial charge >= 0.3 is 5.69 Å². The molecule has 2 atom stereocenters. The summed E-state index contributed by atoms with van der Waals surface area (Å²) in [6.45, 7) is 3.63. The predicted molar refractivity (Wildman–Crippen MR) is 62.2 cm³/mol. The number of hydrogen-bond acceptors (Lipinski definition) is 3. The number of halogens is 1. The lowest BCUT2D eigenvalue weighted by Gasteiger charge is -2.17. The fourth-order valence-corrected chi connectivity index (χ4v) is 1.78. The molecular formula is C12H16FNO3. The number of aliphatic hydroxyl groups excluding tert-OH is 1. The quantitative estimate of drug-likeness (QED) is 0.636. The van der Waals surface area contributed by atoms with E-state index in [1.807, 2.05) is 6.92 Å². The second-order valence-corrected chi connectivity index (χ2v) is 4.16. The summed E-state index contributed by atoms with van der Waals surface area (Å²) in [4.78, 5) is 9.70. The number of hydrogen-bond donors (Lipinski definition) is 1. The van der Waals surface area contributed by atoms with Gasteiger partial charge < -0.3 is 5.11 Å². The topological polar surface area (TPSA) is 63.4 Å². The SMILES string of the molecule is CCC(Cc1ccc([N+](=O)[O-])c(F)c1)C(C)O. The van der Waals surface area contributed by atoms with E-state index in [4.69, 9.17) is 0 Å². The number of nitro groups is 1. The molecule has 0 amide bonds. The molecule has 0 aliphatic rings. The van der Waals surface area contributed by atoms with Crippen LogP contribution < -0.4 is 0 Å². The van der Waals surface area contributed by atoms with Gasteiger partial charge in [0.05, 0.1) is 11.0 Å². The molecule has 1 rings (SSSR count). The number of nitrogens with zero attached hydrogens (tertiary/aromatic N) is 1. The van der Waals surface area contributed by atoms with Crippen molar-refractivity contribution in [3.8, 4) is 0 Å². The van der Waals surface area contributed by atoms with Gasteiger partial charge in [0.25, 0.3) is 0 Å². The molecule has 0 aliphatic heterocycles. The van der Waals surface area contributed by atoms with Crippen molar-refractivity contribution in [3.05, 3.63) is 39.7 Å². The van der Waals surface area contributed by atoms with Gasteiger partial charge in [-0.15, -0.1) is 0 Å². The Hall–Kier alpha value is -1.49. The minimum Gasteiger partial charge on any atom is -0.393 e. The van der Waals surface area contributed by atoms with Gasteiger partial charge in [-0.3, -0.25) is 10.1 Å². The fraction of sp³-hybridized carbons (Fsp3) is 0.500. The summed E-state index contributed by atoms with van der Waals surface area (Å²) < 4.78 is 13.4. The van der Waals surface area contributed by atoms with Gasteiger partial charge in [0.1, 0.15) is 0 Å². The number of benzene rings is 1. The van der Waals surface area contributed by atoms with Crippen molar-refractivity contribution in [2.24, 2.45) is 5.92 Å². The highest BCUT2D eigenvalue weighted by Crippen LogP contribution is 2.21. The maximum atomic E-state index is 13.4. The van der Waals surface area contributed by atoms with Crippen LogP contribution in [0.2, 0.25) is 0 Å². The van der Waals surface area contributed by atoms with E-state index in [0.717, 1.165) is 6.42 Å². The van der Waals surface area contributed by atoms with Crippen molar-refractivity contribution in [3.63, 3.8) is 0 Å². The predicted octanol–water partition coefficient (Wildman–Crippen LogP) is 2.68. The second kappa shape index (κ2) is 5.72. The van der Waals surface area contributed by atoms with Crippen molar-refractivity contribution in [1.82, 2.24) is 0 Å². The smallest absolute Gasteiger partial charge is 0.304 e. The Labute approximate surface area is 99.2 Å². The molecule has 94 valence electrons. The minimum absolute atomic E-state index is 0.0378. The molecule has 0 bridgehead atoms. The van der Waals surface area contributed by atoms with Crippen LogP contribution in [-0.2, 0) is 6.42 Å².